The van der Waals surface area contributed by atoms with E-state index in [2.05, 4.69) is 34.3 Å². The molecule has 0 N–H and O–H groups in total. The summed E-state index contributed by atoms with van der Waals surface area (Å²) in [5.74, 6) is 0.00139. The molecule has 0 atom stereocenters. The van der Waals surface area contributed by atoms with Crippen LogP contribution in [-0.2, 0) is 0 Å². The second-order valence-electron chi connectivity index (χ2n) is 8.01. The van der Waals surface area contributed by atoms with E-state index in [0.29, 0.717) is 23.7 Å². The first-order valence-electron chi connectivity index (χ1n) is 10.9. The largest absolute Gasteiger partial charge is 0.374 e. The van der Waals surface area contributed by atoms with E-state index >= 15 is 0 Å². The van der Waals surface area contributed by atoms with E-state index in [4.69, 9.17) is 16.6 Å². The molecule has 0 saturated carbocycles. The third-order valence-electron chi connectivity index (χ3n) is 5.84. The Morgan fingerprint density at radius 3 is 2.52 bits per heavy atom. The molecular weight excluding hydrogens is 432 g/mol. The molecule has 1 fully saturated rings. The minimum Gasteiger partial charge on any atom is -0.374 e. The summed E-state index contributed by atoms with van der Waals surface area (Å²) in [4.78, 5) is 26.7. The molecule has 5 nitrogen and oxygen atoms in total. The van der Waals surface area contributed by atoms with Crippen molar-refractivity contribution in [2.24, 2.45) is 0 Å². The molecule has 0 bridgehead atoms. The number of carbonyl (C=O) groups is 1. The van der Waals surface area contributed by atoms with Crippen LogP contribution in [-0.4, -0.2) is 51.9 Å². The van der Waals surface area contributed by atoms with E-state index in [9.17, 15) is 4.79 Å². The van der Waals surface area contributed by atoms with Crippen LogP contribution >= 0.6 is 11.6 Å². The van der Waals surface area contributed by atoms with Gasteiger partial charge in [-0.3, -0.25) is 9.78 Å². The van der Waals surface area contributed by atoms with Gasteiger partial charge in [0.05, 0.1) is 16.8 Å². The molecule has 33 heavy (non-hydrogen) atoms. The van der Waals surface area contributed by atoms with Crippen molar-refractivity contribution in [3.63, 3.8) is 0 Å². The van der Waals surface area contributed by atoms with E-state index in [1.165, 1.54) is 5.56 Å². The smallest absolute Gasteiger partial charge is 0.254 e. The van der Waals surface area contributed by atoms with E-state index in [1.807, 2.05) is 53.4 Å². The van der Waals surface area contributed by atoms with Gasteiger partial charge in [-0.2, -0.15) is 0 Å². The molecule has 2 aromatic heterocycles. The summed E-state index contributed by atoms with van der Waals surface area (Å²) in [5, 5.41) is 1.36. The molecule has 1 saturated heterocycles. The Balaban J connectivity index is 1.39. The summed E-state index contributed by atoms with van der Waals surface area (Å²) in [6.07, 6.45) is 7.70. The molecule has 1 amide bonds. The monoisotopic (exact) mass is 454 g/mol. The molecule has 4 aromatic rings. The van der Waals surface area contributed by atoms with Gasteiger partial charge >= 0.3 is 0 Å². The van der Waals surface area contributed by atoms with Gasteiger partial charge < -0.3 is 9.80 Å². The molecule has 1 aliphatic heterocycles. The predicted octanol–water partition coefficient (Wildman–Crippen LogP) is 5.38. The minimum atomic E-state index is 0.00139. The van der Waals surface area contributed by atoms with Gasteiger partial charge in [-0.15, -0.1) is 0 Å². The van der Waals surface area contributed by atoms with Crippen LogP contribution < -0.4 is 0 Å². The number of aromatic nitrogens is 2. The van der Waals surface area contributed by atoms with Gasteiger partial charge in [-0.25, -0.2) is 4.98 Å². The highest BCUT2D eigenvalue weighted by atomic mass is 35.5. The zero-order valence-electron chi connectivity index (χ0n) is 18.1. The normalized spacial score (nSPS) is 14.2. The SMILES string of the molecule is O=C(c1cc(-c2cccnc2)nc2ccc(Cl)cc12)N1CCN(C=Cc2ccccc2)CC1. The molecule has 0 spiro atoms. The summed E-state index contributed by atoms with van der Waals surface area (Å²) in [5.41, 5.74) is 4.13. The highest BCUT2D eigenvalue weighted by Gasteiger charge is 2.23. The standard InChI is InChI=1S/C27H23ClN4O/c28-22-8-9-25-23(17-22)24(18-26(30-25)21-7-4-11-29-19-21)27(33)32-15-13-31(14-16-32)12-10-20-5-2-1-3-6-20/h1-12,17-19H,13-16H2. The summed E-state index contributed by atoms with van der Waals surface area (Å²) in [6, 6.07) is 21.4. The first kappa shape index (κ1) is 21.2. The number of pyridine rings is 2. The average Bonchev–Trinajstić information content (AvgIpc) is 2.88. The molecule has 0 radical (unpaired) electrons. The molecule has 0 aliphatic carbocycles. The van der Waals surface area contributed by atoms with Gasteiger partial charge in [0, 0.05) is 54.5 Å². The first-order valence-corrected chi connectivity index (χ1v) is 11.3. The zero-order chi connectivity index (χ0) is 22.6. The number of hydrogen-bond acceptors (Lipinski definition) is 4. The molecule has 6 heteroatoms. The third-order valence-corrected chi connectivity index (χ3v) is 6.07. The van der Waals surface area contributed by atoms with Crippen LogP contribution in [0, 0.1) is 0 Å². The van der Waals surface area contributed by atoms with Crippen LogP contribution in [0.1, 0.15) is 15.9 Å². The van der Waals surface area contributed by atoms with Crippen molar-refractivity contribution in [1.82, 2.24) is 19.8 Å². The first-order chi connectivity index (χ1) is 16.2. The van der Waals surface area contributed by atoms with E-state index < -0.39 is 0 Å². The Labute approximate surface area is 198 Å². The summed E-state index contributed by atoms with van der Waals surface area (Å²) < 4.78 is 0. The van der Waals surface area contributed by atoms with Gasteiger partial charge in [-0.1, -0.05) is 41.9 Å². The topological polar surface area (TPSA) is 49.3 Å². The van der Waals surface area contributed by atoms with Crippen molar-refractivity contribution >= 4 is 34.5 Å². The van der Waals surface area contributed by atoms with Crippen LogP contribution in [0.3, 0.4) is 0 Å². The highest BCUT2D eigenvalue weighted by Crippen LogP contribution is 2.28. The Morgan fingerprint density at radius 1 is 0.939 bits per heavy atom. The summed E-state index contributed by atoms with van der Waals surface area (Å²) >= 11 is 6.27. The maximum absolute atomic E-state index is 13.6. The lowest BCUT2D eigenvalue weighted by Crippen LogP contribution is -2.46. The van der Waals surface area contributed by atoms with Crippen molar-refractivity contribution in [1.29, 1.82) is 0 Å². The molecule has 2 aromatic carbocycles. The Kier molecular flexibility index (Phi) is 6.05. The number of amides is 1. The van der Waals surface area contributed by atoms with E-state index in [0.717, 1.165) is 35.2 Å². The van der Waals surface area contributed by atoms with Crippen molar-refractivity contribution < 1.29 is 4.79 Å². The van der Waals surface area contributed by atoms with Crippen molar-refractivity contribution in [3.05, 3.63) is 101 Å². The lowest BCUT2D eigenvalue weighted by atomic mass is 10.0. The van der Waals surface area contributed by atoms with Gasteiger partial charge in [0.25, 0.3) is 5.91 Å². The van der Waals surface area contributed by atoms with Crippen LogP contribution in [0.5, 0.6) is 0 Å². The van der Waals surface area contributed by atoms with E-state index in [1.54, 1.807) is 18.5 Å². The fraction of sp³-hybridized carbons (Fsp3) is 0.148. The van der Waals surface area contributed by atoms with Gasteiger partial charge in [0.2, 0.25) is 0 Å². The van der Waals surface area contributed by atoms with Crippen LogP contribution in [0.4, 0.5) is 0 Å². The number of carbonyl (C=O) groups excluding carboxylic acids is 1. The zero-order valence-corrected chi connectivity index (χ0v) is 18.8. The molecule has 1 aliphatic rings. The number of rotatable bonds is 4. The lowest BCUT2D eigenvalue weighted by Gasteiger charge is -2.34. The number of benzene rings is 2. The maximum Gasteiger partial charge on any atom is 0.254 e. The van der Waals surface area contributed by atoms with Crippen LogP contribution in [0.15, 0.2) is 85.3 Å². The molecule has 164 valence electrons. The Bertz CT molecular complexity index is 1300. The highest BCUT2D eigenvalue weighted by molar-refractivity contribution is 6.31. The second kappa shape index (κ2) is 9.43. The average molecular weight is 455 g/mol. The quantitative estimate of drug-likeness (QED) is 0.415. The number of piperazine rings is 1. The fourth-order valence-corrected chi connectivity index (χ4v) is 4.21. The summed E-state index contributed by atoms with van der Waals surface area (Å²) in [7, 11) is 0. The third kappa shape index (κ3) is 4.73. The molecule has 0 unspecified atom stereocenters. The van der Waals surface area contributed by atoms with Crippen LogP contribution in [0.25, 0.3) is 28.2 Å². The number of halogens is 1. The van der Waals surface area contributed by atoms with Crippen molar-refractivity contribution in [2.45, 2.75) is 0 Å². The number of fused-ring (bicyclic) bond motifs is 1. The van der Waals surface area contributed by atoms with Crippen molar-refractivity contribution in [3.8, 4) is 11.3 Å². The second-order valence-corrected chi connectivity index (χ2v) is 8.45. The van der Waals surface area contributed by atoms with Crippen molar-refractivity contribution in [2.75, 3.05) is 26.2 Å². The fourth-order valence-electron chi connectivity index (χ4n) is 4.04. The minimum absolute atomic E-state index is 0.00139. The number of nitrogens with zero attached hydrogens (tertiary/aromatic N) is 4. The van der Waals surface area contributed by atoms with Gasteiger partial charge in [0.1, 0.15) is 0 Å². The predicted molar refractivity (Wildman–Crippen MR) is 133 cm³/mol. The van der Waals surface area contributed by atoms with E-state index in [-0.39, 0.29) is 5.91 Å². The summed E-state index contributed by atoms with van der Waals surface area (Å²) in [6.45, 7) is 2.89. The Hall–Kier alpha value is -3.70. The molecule has 5 rings (SSSR count). The Morgan fingerprint density at radius 2 is 1.76 bits per heavy atom. The maximum atomic E-state index is 13.6. The molecular formula is C27H23ClN4O. The van der Waals surface area contributed by atoms with Crippen LogP contribution in [0.2, 0.25) is 5.02 Å². The lowest BCUT2D eigenvalue weighted by molar-refractivity contribution is 0.0682. The van der Waals surface area contributed by atoms with Gasteiger partial charge in [0.15, 0.2) is 0 Å². The number of hydrogen-bond donors (Lipinski definition) is 0. The molecule has 3 heterocycles. The van der Waals surface area contributed by atoms with Gasteiger partial charge in [-0.05, 0) is 54.2 Å².